The molecule has 2 rings (SSSR count). The highest BCUT2D eigenvalue weighted by Gasteiger charge is 2.07. The van der Waals surface area contributed by atoms with Crippen molar-refractivity contribution in [2.24, 2.45) is 5.10 Å². The first-order chi connectivity index (χ1) is 9.58. The first-order valence-corrected chi connectivity index (χ1v) is 6.61. The molecule has 1 amide bonds. The molecule has 0 saturated carbocycles. The molecule has 7 heteroatoms. The van der Waals surface area contributed by atoms with E-state index in [-0.39, 0.29) is 17.1 Å². The molecule has 0 saturated heterocycles. The molecule has 0 unspecified atom stereocenters. The fourth-order valence-electron chi connectivity index (χ4n) is 1.56. The largest absolute Gasteiger partial charge is 0.507 e. The van der Waals surface area contributed by atoms with Crippen LogP contribution < -0.4 is 5.43 Å². The van der Waals surface area contributed by atoms with Gasteiger partial charge in [0.2, 0.25) is 0 Å². The van der Waals surface area contributed by atoms with Gasteiger partial charge in [0.05, 0.1) is 5.71 Å². The number of rotatable bonds is 3. The van der Waals surface area contributed by atoms with Crippen LogP contribution in [0.15, 0.2) is 52.3 Å². The number of hydrazone groups is 1. The summed E-state index contributed by atoms with van der Waals surface area (Å²) >= 11 is 3.32. The second kappa shape index (κ2) is 7.51. The average molecular weight is 352 g/mol. The van der Waals surface area contributed by atoms with Gasteiger partial charge in [0.1, 0.15) is 5.75 Å². The molecule has 0 atom stereocenters. The summed E-state index contributed by atoms with van der Waals surface area (Å²) in [6.07, 6.45) is 3.07. The van der Waals surface area contributed by atoms with E-state index in [0.29, 0.717) is 16.8 Å². The van der Waals surface area contributed by atoms with Gasteiger partial charge < -0.3 is 10.6 Å². The number of halogens is 1. The third-order valence-corrected chi connectivity index (χ3v) is 3.11. The second-order valence-corrected chi connectivity index (χ2v) is 4.95. The van der Waals surface area contributed by atoms with Crippen molar-refractivity contribution in [3.05, 3.63) is 58.3 Å². The molecule has 0 aliphatic heterocycles. The lowest BCUT2D eigenvalue weighted by atomic mass is 10.1. The lowest BCUT2D eigenvalue weighted by Crippen LogP contribution is -2.19. The van der Waals surface area contributed by atoms with Gasteiger partial charge in [-0.1, -0.05) is 15.9 Å². The van der Waals surface area contributed by atoms with E-state index in [0.717, 1.165) is 4.47 Å². The van der Waals surface area contributed by atoms with E-state index in [1.54, 1.807) is 37.3 Å². The summed E-state index contributed by atoms with van der Waals surface area (Å²) < 4.78 is 0.820. The molecule has 4 N–H and O–H groups in total. The Hall–Kier alpha value is -2.25. The molecule has 110 valence electrons. The highest BCUT2D eigenvalue weighted by molar-refractivity contribution is 9.10. The van der Waals surface area contributed by atoms with E-state index in [2.05, 4.69) is 31.4 Å². The van der Waals surface area contributed by atoms with Gasteiger partial charge in [-0.25, -0.2) is 5.43 Å². The molecule has 0 aliphatic rings. The number of aromatic hydroxyl groups is 1. The van der Waals surface area contributed by atoms with Gasteiger partial charge in [0.15, 0.2) is 0 Å². The van der Waals surface area contributed by atoms with Gasteiger partial charge in [-0.2, -0.15) is 5.10 Å². The van der Waals surface area contributed by atoms with Crippen molar-refractivity contribution in [3.63, 3.8) is 0 Å². The molecule has 0 aliphatic carbocycles. The quantitative estimate of drug-likeness (QED) is 0.651. The van der Waals surface area contributed by atoms with Crippen LogP contribution in [-0.2, 0) is 0 Å². The summed E-state index contributed by atoms with van der Waals surface area (Å²) in [5, 5.41) is 13.8. The maximum atomic E-state index is 11.8. The van der Waals surface area contributed by atoms with Crippen molar-refractivity contribution >= 4 is 27.5 Å². The first kappa shape index (κ1) is 16.8. The Balaban J connectivity index is 0.00000220. The molecule has 1 aromatic heterocycles. The molecular weight excluding hydrogens is 338 g/mol. The van der Waals surface area contributed by atoms with Crippen LogP contribution in [0.2, 0.25) is 0 Å². The number of phenolic OH excluding ortho intramolecular Hbond substituents is 1. The Morgan fingerprint density at radius 3 is 2.62 bits per heavy atom. The molecule has 0 radical (unpaired) electrons. The zero-order chi connectivity index (χ0) is 14.5. The highest BCUT2D eigenvalue weighted by atomic mass is 79.9. The van der Waals surface area contributed by atoms with Crippen molar-refractivity contribution in [2.45, 2.75) is 6.92 Å². The average Bonchev–Trinajstić information content (AvgIpc) is 2.47. The van der Waals surface area contributed by atoms with Crippen LogP contribution in [-0.4, -0.2) is 27.2 Å². The fourth-order valence-corrected chi connectivity index (χ4v) is 1.92. The minimum absolute atomic E-state index is 0. The smallest absolute Gasteiger partial charge is 0.271 e. The van der Waals surface area contributed by atoms with Crippen LogP contribution in [0.4, 0.5) is 0 Å². The van der Waals surface area contributed by atoms with E-state index < -0.39 is 0 Å². The Morgan fingerprint density at radius 2 is 1.95 bits per heavy atom. The minimum atomic E-state index is -0.332. The molecule has 6 nitrogen and oxygen atoms in total. The van der Waals surface area contributed by atoms with Crippen molar-refractivity contribution in [3.8, 4) is 5.75 Å². The van der Waals surface area contributed by atoms with Gasteiger partial charge >= 0.3 is 0 Å². The zero-order valence-corrected chi connectivity index (χ0v) is 12.8. The summed E-state index contributed by atoms with van der Waals surface area (Å²) in [6.45, 7) is 1.70. The number of phenols is 1. The van der Waals surface area contributed by atoms with Crippen molar-refractivity contribution in [1.82, 2.24) is 10.4 Å². The number of nitrogens with one attached hydrogen (secondary N) is 1. The predicted molar refractivity (Wildman–Crippen MR) is 83.3 cm³/mol. The Bertz CT molecular complexity index is 660. The summed E-state index contributed by atoms with van der Waals surface area (Å²) in [7, 11) is 0. The number of benzene rings is 1. The maximum absolute atomic E-state index is 11.8. The van der Waals surface area contributed by atoms with E-state index in [1.165, 1.54) is 12.4 Å². The van der Waals surface area contributed by atoms with Crippen LogP contribution in [0.1, 0.15) is 22.8 Å². The van der Waals surface area contributed by atoms with Crippen LogP contribution in [0.3, 0.4) is 0 Å². The number of carbonyl (C=O) groups is 1. The summed E-state index contributed by atoms with van der Waals surface area (Å²) in [5.74, 6) is -0.228. The highest BCUT2D eigenvalue weighted by Crippen LogP contribution is 2.22. The Labute approximate surface area is 130 Å². The zero-order valence-electron chi connectivity index (χ0n) is 11.2. The molecular formula is C14H14BrN3O3. The van der Waals surface area contributed by atoms with Gasteiger partial charge in [0, 0.05) is 28.0 Å². The lowest BCUT2D eigenvalue weighted by Gasteiger charge is -2.05. The molecule has 1 heterocycles. The van der Waals surface area contributed by atoms with E-state index in [4.69, 9.17) is 0 Å². The number of hydrogen-bond acceptors (Lipinski definition) is 4. The minimum Gasteiger partial charge on any atom is -0.507 e. The van der Waals surface area contributed by atoms with Gasteiger partial charge in [0.25, 0.3) is 5.91 Å². The molecule has 2 aromatic rings. The number of pyridine rings is 1. The molecule has 1 aromatic carbocycles. The number of hydrogen-bond donors (Lipinski definition) is 2. The number of aromatic nitrogens is 1. The Morgan fingerprint density at radius 1 is 1.29 bits per heavy atom. The first-order valence-electron chi connectivity index (χ1n) is 5.81. The van der Waals surface area contributed by atoms with Crippen molar-refractivity contribution in [2.75, 3.05) is 0 Å². The SMILES string of the molecule is C/C(=N\NC(=O)c1ccncc1)c1cc(Br)ccc1O.O. The summed E-state index contributed by atoms with van der Waals surface area (Å²) in [6, 6.07) is 8.20. The third kappa shape index (κ3) is 4.37. The third-order valence-electron chi connectivity index (χ3n) is 2.62. The van der Waals surface area contributed by atoms with Crippen LogP contribution in [0, 0.1) is 0 Å². The van der Waals surface area contributed by atoms with Crippen molar-refractivity contribution in [1.29, 1.82) is 0 Å². The lowest BCUT2D eigenvalue weighted by molar-refractivity contribution is 0.0954. The van der Waals surface area contributed by atoms with Crippen LogP contribution >= 0.6 is 15.9 Å². The number of nitrogens with zero attached hydrogens (tertiary/aromatic N) is 2. The van der Waals surface area contributed by atoms with Gasteiger partial charge in [-0.3, -0.25) is 9.78 Å². The maximum Gasteiger partial charge on any atom is 0.271 e. The van der Waals surface area contributed by atoms with E-state index >= 15 is 0 Å². The van der Waals surface area contributed by atoms with Crippen LogP contribution in [0.5, 0.6) is 5.75 Å². The normalized spacial score (nSPS) is 10.7. The second-order valence-electron chi connectivity index (χ2n) is 4.04. The van der Waals surface area contributed by atoms with Gasteiger partial charge in [-0.05, 0) is 37.3 Å². The summed E-state index contributed by atoms with van der Waals surface area (Å²) in [5.41, 5.74) is 3.96. The fraction of sp³-hybridized carbons (Fsp3) is 0.0714. The standard InChI is InChI=1S/C14H12BrN3O2.H2O/c1-9(12-8-11(15)2-3-13(12)19)17-18-14(20)10-4-6-16-7-5-10;/h2-8,19H,1H3,(H,18,20);1H2/b17-9+;. The van der Waals surface area contributed by atoms with Crippen LogP contribution in [0.25, 0.3) is 0 Å². The summed E-state index contributed by atoms with van der Waals surface area (Å²) in [4.78, 5) is 15.7. The van der Waals surface area contributed by atoms with Gasteiger partial charge in [-0.15, -0.1) is 0 Å². The topological polar surface area (TPSA) is 106 Å². The van der Waals surface area contributed by atoms with E-state index in [1.807, 2.05) is 0 Å². The number of carbonyl (C=O) groups excluding carboxylic acids is 1. The van der Waals surface area contributed by atoms with E-state index in [9.17, 15) is 9.90 Å². The molecule has 21 heavy (non-hydrogen) atoms. The monoisotopic (exact) mass is 351 g/mol. The molecule has 0 fully saturated rings. The molecule has 0 bridgehead atoms. The predicted octanol–water partition coefficient (Wildman–Crippen LogP) is 1.88. The molecule has 0 spiro atoms. The van der Waals surface area contributed by atoms with Crippen molar-refractivity contribution < 1.29 is 15.4 Å². The number of amides is 1. The Kier molecular flexibility index (Phi) is 6.01.